The summed E-state index contributed by atoms with van der Waals surface area (Å²) in [5, 5.41) is 6.09. The molecule has 0 radical (unpaired) electrons. The Kier molecular flexibility index (Phi) is 5.81. The Morgan fingerprint density at radius 2 is 2.12 bits per heavy atom. The highest BCUT2D eigenvalue weighted by Crippen LogP contribution is 2.23. The van der Waals surface area contributed by atoms with Crippen LogP contribution in [0.3, 0.4) is 0 Å². The minimum atomic E-state index is -0.220. The number of hydrogen-bond donors (Lipinski definition) is 2. The van der Waals surface area contributed by atoms with E-state index >= 15 is 0 Å². The monoisotopic (exact) mass is 364 g/mol. The average Bonchev–Trinajstić information content (AvgIpc) is 3.08. The zero-order chi connectivity index (χ0) is 17.8. The standard InChI is InChI=1S/C18H25ClN4O2/c1-2-7-20-17(24)15-11-13(5-6-16(15)19)21-18(25)23-10-9-22-8-3-4-14(22)12-23/h5-6,11,14H,2-4,7-10,12H2,1H3,(H,20,24)(H,21,25)/t14-/m1/s1. The number of rotatable bonds is 4. The average molecular weight is 365 g/mol. The first-order valence-corrected chi connectivity index (χ1v) is 9.34. The summed E-state index contributed by atoms with van der Waals surface area (Å²) in [4.78, 5) is 29.0. The zero-order valence-corrected chi connectivity index (χ0v) is 15.3. The summed E-state index contributed by atoms with van der Waals surface area (Å²) in [6.07, 6.45) is 3.23. The fourth-order valence-electron chi connectivity index (χ4n) is 3.49. The first-order valence-electron chi connectivity index (χ1n) is 8.96. The molecule has 0 bridgehead atoms. The van der Waals surface area contributed by atoms with Gasteiger partial charge in [0.25, 0.3) is 5.91 Å². The maximum atomic E-state index is 12.6. The van der Waals surface area contributed by atoms with Crippen LogP contribution in [0.5, 0.6) is 0 Å². The largest absolute Gasteiger partial charge is 0.352 e. The molecule has 1 aromatic carbocycles. The molecule has 0 spiro atoms. The molecule has 2 saturated heterocycles. The van der Waals surface area contributed by atoms with Crippen LogP contribution in [0.15, 0.2) is 18.2 Å². The van der Waals surface area contributed by atoms with E-state index in [1.165, 1.54) is 6.42 Å². The fraction of sp³-hybridized carbons (Fsp3) is 0.556. The van der Waals surface area contributed by atoms with E-state index in [0.717, 1.165) is 39.0 Å². The molecular weight excluding hydrogens is 340 g/mol. The Labute approximate surface area is 153 Å². The van der Waals surface area contributed by atoms with E-state index in [9.17, 15) is 9.59 Å². The predicted molar refractivity (Wildman–Crippen MR) is 99.3 cm³/mol. The van der Waals surface area contributed by atoms with Gasteiger partial charge >= 0.3 is 6.03 Å². The van der Waals surface area contributed by atoms with Crippen LogP contribution in [0, 0.1) is 0 Å². The molecule has 2 N–H and O–H groups in total. The Morgan fingerprint density at radius 3 is 2.92 bits per heavy atom. The Hall–Kier alpha value is -1.79. The Balaban J connectivity index is 1.64. The summed E-state index contributed by atoms with van der Waals surface area (Å²) in [6, 6.07) is 5.38. The number of nitrogens with one attached hydrogen (secondary N) is 2. The predicted octanol–water partition coefficient (Wildman–Crippen LogP) is 2.79. The molecule has 2 aliphatic heterocycles. The van der Waals surface area contributed by atoms with Crippen LogP contribution in [-0.2, 0) is 0 Å². The lowest BCUT2D eigenvalue weighted by Gasteiger charge is -2.37. The second-order valence-electron chi connectivity index (χ2n) is 6.66. The molecule has 6 nitrogen and oxygen atoms in total. The van der Waals surface area contributed by atoms with Crippen LogP contribution in [-0.4, -0.2) is 60.5 Å². The third kappa shape index (κ3) is 4.25. The van der Waals surface area contributed by atoms with Crippen molar-refractivity contribution in [3.8, 4) is 0 Å². The van der Waals surface area contributed by atoms with Gasteiger partial charge in [0.05, 0.1) is 10.6 Å². The van der Waals surface area contributed by atoms with E-state index in [4.69, 9.17) is 11.6 Å². The molecule has 0 aromatic heterocycles. The molecule has 1 aromatic rings. The molecule has 3 rings (SSSR count). The van der Waals surface area contributed by atoms with E-state index in [0.29, 0.717) is 28.9 Å². The quantitative estimate of drug-likeness (QED) is 0.863. The van der Waals surface area contributed by atoms with Crippen molar-refractivity contribution in [3.05, 3.63) is 28.8 Å². The lowest BCUT2D eigenvalue weighted by Crippen LogP contribution is -2.53. The topological polar surface area (TPSA) is 64.7 Å². The van der Waals surface area contributed by atoms with Gasteiger partial charge < -0.3 is 15.5 Å². The molecule has 7 heteroatoms. The number of anilines is 1. The van der Waals surface area contributed by atoms with E-state index in [1.807, 2.05) is 11.8 Å². The number of urea groups is 1. The van der Waals surface area contributed by atoms with Gasteiger partial charge in [-0.05, 0) is 44.0 Å². The second-order valence-corrected chi connectivity index (χ2v) is 7.07. The van der Waals surface area contributed by atoms with Gasteiger partial charge in [0.2, 0.25) is 0 Å². The van der Waals surface area contributed by atoms with Crippen molar-refractivity contribution in [2.24, 2.45) is 0 Å². The molecule has 0 aliphatic carbocycles. The van der Waals surface area contributed by atoms with Crippen LogP contribution in [0.4, 0.5) is 10.5 Å². The minimum Gasteiger partial charge on any atom is -0.352 e. The van der Waals surface area contributed by atoms with Gasteiger partial charge in [-0.1, -0.05) is 18.5 Å². The summed E-state index contributed by atoms with van der Waals surface area (Å²) >= 11 is 6.13. The molecular formula is C18H25ClN4O2. The lowest BCUT2D eigenvalue weighted by atomic mass is 10.1. The normalized spacial score (nSPS) is 20.2. The summed E-state index contributed by atoms with van der Waals surface area (Å²) in [5.41, 5.74) is 0.971. The number of fused-ring (bicyclic) bond motifs is 1. The van der Waals surface area contributed by atoms with Gasteiger partial charge in [0, 0.05) is 37.9 Å². The van der Waals surface area contributed by atoms with E-state index in [1.54, 1.807) is 18.2 Å². The van der Waals surface area contributed by atoms with Crippen molar-refractivity contribution in [2.75, 3.05) is 38.0 Å². The van der Waals surface area contributed by atoms with Gasteiger partial charge in [0.15, 0.2) is 0 Å². The first-order chi connectivity index (χ1) is 12.1. The molecule has 1 atom stereocenters. The fourth-order valence-corrected chi connectivity index (χ4v) is 3.69. The van der Waals surface area contributed by atoms with Gasteiger partial charge in [-0.3, -0.25) is 9.69 Å². The SMILES string of the molecule is CCCNC(=O)c1cc(NC(=O)N2CCN3CCC[C@@H]3C2)ccc1Cl. The molecule has 25 heavy (non-hydrogen) atoms. The zero-order valence-electron chi connectivity index (χ0n) is 14.6. The third-order valence-corrected chi connectivity index (χ3v) is 5.20. The van der Waals surface area contributed by atoms with E-state index in [-0.39, 0.29) is 11.9 Å². The maximum Gasteiger partial charge on any atom is 0.321 e. The van der Waals surface area contributed by atoms with Crippen LogP contribution < -0.4 is 10.6 Å². The highest BCUT2D eigenvalue weighted by molar-refractivity contribution is 6.34. The molecule has 2 aliphatic rings. The second kappa shape index (κ2) is 8.06. The number of carbonyl (C=O) groups is 2. The summed E-state index contributed by atoms with van der Waals surface area (Å²) < 4.78 is 0. The van der Waals surface area contributed by atoms with Crippen molar-refractivity contribution in [3.63, 3.8) is 0 Å². The number of piperazine rings is 1. The molecule has 2 fully saturated rings. The van der Waals surface area contributed by atoms with Gasteiger partial charge in [-0.15, -0.1) is 0 Å². The number of carbonyl (C=O) groups excluding carboxylic acids is 2. The minimum absolute atomic E-state index is 0.117. The van der Waals surface area contributed by atoms with Crippen LogP contribution >= 0.6 is 11.6 Å². The molecule has 2 heterocycles. The van der Waals surface area contributed by atoms with Crippen molar-refractivity contribution >= 4 is 29.2 Å². The number of hydrogen-bond acceptors (Lipinski definition) is 3. The van der Waals surface area contributed by atoms with Gasteiger partial charge in [-0.25, -0.2) is 4.79 Å². The van der Waals surface area contributed by atoms with E-state index in [2.05, 4.69) is 15.5 Å². The third-order valence-electron chi connectivity index (χ3n) is 4.87. The highest BCUT2D eigenvalue weighted by atomic mass is 35.5. The van der Waals surface area contributed by atoms with Crippen molar-refractivity contribution < 1.29 is 9.59 Å². The number of benzene rings is 1. The first kappa shape index (κ1) is 18.0. The Bertz CT molecular complexity index is 652. The number of amides is 3. The molecule has 3 amide bonds. The van der Waals surface area contributed by atoms with Crippen molar-refractivity contribution in [1.82, 2.24) is 15.1 Å². The Morgan fingerprint density at radius 1 is 1.28 bits per heavy atom. The van der Waals surface area contributed by atoms with Crippen LogP contribution in [0.1, 0.15) is 36.5 Å². The van der Waals surface area contributed by atoms with Crippen molar-refractivity contribution in [2.45, 2.75) is 32.2 Å². The maximum absolute atomic E-state index is 12.6. The van der Waals surface area contributed by atoms with E-state index < -0.39 is 0 Å². The molecule has 136 valence electrons. The number of nitrogens with zero attached hydrogens (tertiary/aromatic N) is 2. The summed E-state index contributed by atoms with van der Waals surface area (Å²) in [6.45, 7) is 6.17. The van der Waals surface area contributed by atoms with Gasteiger partial charge in [0.1, 0.15) is 0 Å². The summed E-state index contributed by atoms with van der Waals surface area (Å²) in [5.74, 6) is -0.220. The van der Waals surface area contributed by atoms with Crippen LogP contribution in [0.25, 0.3) is 0 Å². The highest BCUT2D eigenvalue weighted by Gasteiger charge is 2.32. The van der Waals surface area contributed by atoms with Crippen LogP contribution in [0.2, 0.25) is 5.02 Å². The van der Waals surface area contributed by atoms with Gasteiger partial charge in [-0.2, -0.15) is 0 Å². The molecule has 0 unspecified atom stereocenters. The summed E-state index contributed by atoms with van der Waals surface area (Å²) in [7, 11) is 0. The smallest absolute Gasteiger partial charge is 0.321 e. The number of halogens is 1. The van der Waals surface area contributed by atoms with Crippen molar-refractivity contribution in [1.29, 1.82) is 0 Å². The lowest BCUT2D eigenvalue weighted by molar-refractivity contribution is 0.0953. The molecule has 0 saturated carbocycles.